The van der Waals surface area contributed by atoms with Crippen LogP contribution in [0.2, 0.25) is 5.02 Å². The van der Waals surface area contributed by atoms with E-state index in [9.17, 15) is 19.2 Å². The van der Waals surface area contributed by atoms with Crippen LogP contribution in [0, 0.1) is 0 Å². The predicted molar refractivity (Wildman–Crippen MR) is 109 cm³/mol. The minimum Gasteiger partial charge on any atom is -0.465 e. The molecule has 1 aliphatic rings. The molecular weight excluding hydrogens is 410 g/mol. The lowest BCUT2D eigenvalue weighted by atomic mass is 9.92. The number of rotatable bonds is 6. The lowest BCUT2D eigenvalue weighted by molar-refractivity contribution is -0.134. The van der Waals surface area contributed by atoms with Gasteiger partial charge in [-0.05, 0) is 42.3 Å². The van der Waals surface area contributed by atoms with E-state index in [1.54, 1.807) is 55.5 Å². The number of urea groups is 1. The van der Waals surface area contributed by atoms with Crippen LogP contribution in [-0.4, -0.2) is 42.4 Å². The number of nitrogens with one attached hydrogen (secondary N) is 2. The van der Waals surface area contributed by atoms with Crippen LogP contribution in [0.4, 0.5) is 4.79 Å². The minimum atomic E-state index is -1.27. The molecule has 0 spiro atoms. The van der Waals surface area contributed by atoms with Crippen molar-refractivity contribution in [1.29, 1.82) is 0 Å². The number of halogens is 1. The number of benzene rings is 2. The van der Waals surface area contributed by atoms with Gasteiger partial charge >= 0.3 is 12.0 Å². The van der Waals surface area contributed by atoms with Crippen LogP contribution in [0.5, 0.6) is 0 Å². The molecule has 1 saturated heterocycles. The standard InChI is InChI=1S/C21H20ClN3O5/c1-21(15-7-9-16(22)10-8-15)19(28)25(20(29)24-21)12-17(26)23-11-13-3-5-14(6-4-13)18(27)30-2/h3-10H,11-12H2,1-2H3,(H,23,26)(H,24,29). The number of hydrogen-bond acceptors (Lipinski definition) is 5. The van der Waals surface area contributed by atoms with Crippen LogP contribution in [0.15, 0.2) is 48.5 Å². The van der Waals surface area contributed by atoms with Gasteiger partial charge in [-0.15, -0.1) is 0 Å². The van der Waals surface area contributed by atoms with Crippen LogP contribution in [0.25, 0.3) is 0 Å². The van der Waals surface area contributed by atoms with Crippen LogP contribution in [0.3, 0.4) is 0 Å². The smallest absolute Gasteiger partial charge is 0.337 e. The summed E-state index contributed by atoms with van der Waals surface area (Å²) in [5.41, 5.74) is 0.442. The summed E-state index contributed by atoms with van der Waals surface area (Å²) in [6.07, 6.45) is 0. The van der Waals surface area contributed by atoms with Crippen molar-refractivity contribution < 1.29 is 23.9 Å². The number of imide groups is 1. The van der Waals surface area contributed by atoms with E-state index in [0.29, 0.717) is 16.1 Å². The van der Waals surface area contributed by atoms with Gasteiger partial charge in [0.05, 0.1) is 12.7 Å². The summed E-state index contributed by atoms with van der Waals surface area (Å²) in [4.78, 5) is 49.8. The zero-order valence-corrected chi connectivity index (χ0v) is 17.2. The molecule has 0 saturated carbocycles. The van der Waals surface area contributed by atoms with Gasteiger partial charge in [-0.25, -0.2) is 9.59 Å². The molecule has 2 aromatic rings. The number of nitrogens with zero attached hydrogens (tertiary/aromatic N) is 1. The maximum absolute atomic E-state index is 12.8. The Labute approximate surface area is 178 Å². The van der Waals surface area contributed by atoms with Gasteiger partial charge in [-0.3, -0.25) is 14.5 Å². The summed E-state index contributed by atoms with van der Waals surface area (Å²) in [6, 6.07) is 12.4. The molecule has 4 amide bonds. The quantitative estimate of drug-likeness (QED) is 0.541. The topological polar surface area (TPSA) is 105 Å². The van der Waals surface area contributed by atoms with E-state index in [-0.39, 0.29) is 6.54 Å². The SMILES string of the molecule is COC(=O)c1ccc(CNC(=O)CN2C(=O)NC(C)(c3ccc(Cl)cc3)C2=O)cc1. The third-order valence-corrected chi connectivity index (χ3v) is 5.11. The van der Waals surface area contributed by atoms with Gasteiger partial charge in [0.2, 0.25) is 5.91 Å². The van der Waals surface area contributed by atoms with Crippen molar-refractivity contribution in [2.45, 2.75) is 19.0 Å². The molecular formula is C21H20ClN3O5. The zero-order chi connectivity index (χ0) is 21.9. The lowest BCUT2D eigenvalue weighted by Gasteiger charge is -2.22. The Hall–Kier alpha value is -3.39. The summed E-state index contributed by atoms with van der Waals surface area (Å²) >= 11 is 5.88. The van der Waals surface area contributed by atoms with E-state index < -0.39 is 35.9 Å². The molecule has 156 valence electrons. The van der Waals surface area contributed by atoms with Gasteiger partial charge in [-0.1, -0.05) is 35.9 Å². The highest BCUT2D eigenvalue weighted by atomic mass is 35.5. The maximum Gasteiger partial charge on any atom is 0.337 e. The average Bonchev–Trinajstić information content (AvgIpc) is 2.96. The number of ether oxygens (including phenoxy) is 1. The van der Waals surface area contributed by atoms with Crippen molar-refractivity contribution in [3.63, 3.8) is 0 Å². The van der Waals surface area contributed by atoms with Gasteiger partial charge < -0.3 is 15.4 Å². The van der Waals surface area contributed by atoms with E-state index in [0.717, 1.165) is 10.5 Å². The number of carbonyl (C=O) groups excluding carboxylic acids is 4. The van der Waals surface area contributed by atoms with Crippen molar-refractivity contribution in [2.75, 3.05) is 13.7 Å². The van der Waals surface area contributed by atoms with Crippen LogP contribution in [0.1, 0.15) is 28.4 Å². The highest BCUT2D eigenvalue weighted by Crippen LogP contribution is 2.29. The van der Waals surface area contributed by atoms with Crippen molar-refractivity contribution in [1.82, 2.24) is 15.5 Å². The van der Waals surface area contributed by atoms with E-state index in [1.165, 1.54) is 7.11 Å². The van der Waals surface area contributed by atoms with Crippen molar-refractivity contribution in [2.24, 2.45) is 0 Å². The molecule has 1 aliphatic heterocycles. The molecule has 1 fully saturated rings. The van der Waals surface area contributed by atoms with E-state index in [2.05, 4.69) is 15.4 Å². The summed E-state index contributed by atoms with van der Waals surface area (Å²) in [7, 11) is 1.30. The van der Waals surface area contributed by atoms with E-state index >= 15 is 0 Å². The molecule has 2 N–H and O–H groups in total. The van der Waals surface area contributed by atoms with Gasteiger partial charge in [0.15, 0.2) is 0 Å². The Morgan fingerprint density at radius 1 is 1.10 bits per heavy atom. The molecule has 0 bridgehead atoms. The minimum absolute atomic E-state index is 0.179. The van der Waals surface area contributed by atoms with Gasteiger partial charge in [0, 0.05) is 11.6 Å². The van der Waals surface area contributed by atoms with Crippen LogP contribution >= 0.6 is 11.6 Å². The summed E-state index contributed by atoms with van der Waals surface area (Å²) in [5, 5.41) is 5.80. The maximum atomic E-state index is 12.8. The molecule has 8 nitrogen and oxygen atoms in total. The number of esters is 1. The molecule has 1 unspecified atom stereocenters. The highest BCUT2D eigenvalue weighted by Gasteiger charge is 2.49. The molecule has 0 aromatic heterocycles. The third-order valence-electron chi connectivity index (χ3n) is 4.86. The number of hydrogen-bond donors (Lipinski definition) is 2. The third kappa shape index (κ3) is 4.28. The van der Waals surface area contributed by atoms with Gasteiger partial charge in [0.1, 0.15) is 12.1 Å². The zero-order valence-electron chi connectivity index (χ0n) is 16.4. The molecule has 30 heavy (non-hydrogen) atoms. The monoisotopic (exact) mass is 429 g/mol. The molecule has 0 aliphatic carbocycles. The summed E-state index contributed by atoms with van der Waals surface area (Å²) in [5.74, 6) is -1.46. The first kappa shape index (κ1) is 21.3. The van der Waals surface area contributed by atoms with Crippen molar-refractivity contribution >= 4 is 35.4 Å². The Morgan fingerprint density at radius 3 is 2.33 bits per heavy atom. The van der Waals surface area contributed by atoms with Crippen LogP contribution < -0.4 is 10.6 Å². The Kier molecular flexibility index (Phi) is 6.07. The Bertz CT molecular complexity index is 991. The fourth-order valence-electron chi connectivity index (χ4n) is 3.10. The predicted octanol–water partition coefficient (Wildman–Crippen LogP) is 2.21. The first-order chi connectivity index (χ1) is 14.2. The molecule has 3 rings (SSSR count). The van der Waals surface area contributed by atoms with E-state index in [1.807, 2.05) is 0 Å². The Morgan fingerprint density at radius 2 is 1.73 bits per heavy atom. The van der Waals surface area contributed by atoms with Gasteiger partial charge in [0.25, 0.3) is 5.91 Å². The molecule has 2 aromatic carbocycles. The van der Waals surface area contributed by atoms with Gasteiger partial charge in [-0.2, -0.15) is 0 Å². The fraction of sp³-hybridized carbons (Fsp3) is 0.238. The second-order valence-electron chi connectivity index (χ2n) is 6.92. The van der Waals surface area contributed by atoms with Crippen LogP contribution in [-0.2, 0) is 26.4 Å². The lowest BCUT2D eigenvalue weighted by Crippen LogP contribution is -2.43. The highest BCUT2D eigenvalue weighted by molar-refractivity contribution is 6.30. The first-order valence-corrected chi connectivity index (χ1v) is 9.46. The second-order valence-corrected chi connectivity index (χ2v) is 7.36. The summed E-state index contributed by atoms with van der Waals surface area (Å²) in [6.45, 7) is 1.35. The van der Waals surface area contributed by atoms with E-state index in [4.69, 9.17) is 11.6 Å². The van der Waals surface area contributed by atoms with Crippen molar-refractivity contribution in [3.05, 3.63) is 70.2 Å². The normalized spacial score (nSPS) is 18.2. The Balaban J connectivity index is 1.61. The fourth-order valence-corrected chi connectivity index (χ4v) is 3.22. The number of amides is 4. The molecule has 1 heterocycles. The summed E-state index contributed by atoms with van der Waals surface area (Å²) < 4.78 is 4.63. The second kappa shape index (κ2) is 8.54. The first-order valence-electron chi connectivity index (χ1n) is 9.08. The van der Waals surface area contributed by atoms with Crippen molar-refractivity contribution in [3.8, 4) is 0 Å². The number of methoxy groups -OCH3 is 1. The average molecular weight is 430 g/mol. The molecule has 1 atom stereocenters. The number of carbonyl (C=O) groups is 4. The molecule has 9 heteroatoms. The molecule has 0 radical (unpaired) electrons. The largest absolute Gasteiger partial charge is 0.465 e.